The van der Waals surface area contributed by atoms with Crippen molar-refractivity contribution in [2.75, 3.05) is 6.54 Å². The van der Waals surface area contributed by atoms with E-state index in [-0.39, 0.29) is 6.54 Å². The number of aromatic nitrogens is 4. The fourth-order valence-electron chi connectivity index (χ4n) is 3.29. The van der Waals surface area contributed by atoms with Crippen LogP contribution in [0.4, 0.5) is 0 Å². The van der Waals surface area contributed by atoms with E-state index in [4.69, 9.17) is 10.5 Å². The zero-order chi connectivity index (χ0) is 22.7. The molecule has 4 rings (SSSR count). The Balaban J connectivity index is 1.74. The van der Waals surface area contributed by atoms with Gasteiger partial charge in [0.2, 0.25) is 5.88 Å². The minimum Gasteiger partial charge on any atom is -0.437 e. The molecule has 0 saturated heterocycles. The van der Waals surface area contributed by atoms with Gasteiger partial charge in [-0.3, -0.25) is 0 Å². The minimum atomic E-state index is -0.812. The molecule has 0 aliphatic rings. The van der Waals surface area contributed by atoms with Crippen molar-refractivity contribution >= 4 is 0 Å². The molecule has 2 aromatic heterocycles. The van der Waals surface area contributed by atoms with E-state index < -0.39 is 6.10 Å². The number of nitrogens with zero attached hydrogens (tertiary/aromatic N) is 5. The van der Waals surface area contributed by atoms with E-state index in [2.05, 4.69) is 21.1 Å². The van der Waals surface area contributed by atoms with Crippen molar-refractivity contribution in [2.45, 2.75) is 20.0 Å². The Morgan fingerprint density at radius 1 is 1.16 bits per heavy atom. The maximum absolute atomic E-state index is 10.00. The molecule has 0 unspecified atom stereocenters. The van der Waals surface area contributed by atoms with Crippen molar-refractivity contribution in [3.8, 4) is 34.6 Å². The third-order valence-corrected chi connectivity index (χ3v) is 4.89. The van der Waals surface area contributed by atoms with Gasteiger partial charge in [0.05, 0.1) is 29.6 Å². The molecule has 0 aliphatic heterocycles. The summed E-state index contributed by atoms with van der Waals surface area (Å²) in [6, 6.07) is 16.9. The summed E-state index contributed by atoms with van der Waals surface area (Å²) in [6.45, 7) is 3.91. The van der Waals surface area contributed by atoms with Crippen LogP contribution in [0, 0.1) is 25.2 Å². The van der Waals surface area contributed by atoms with E-state index in [0.717, 1.165) is 16.8 Å². The molecule has 160 valence electrons. The first-order valence-corrected chi connectivity index (χ1v) is 10.0. The summed E-state index contributed by atoms with van der Waals surface area (Å²) >= 11 is 0. The van der Waals surface area contributed by atoms with Gasteiger partial charge in [-0.05, 0) is 32.0 Å². The van der Waals surface area contributed by atoms with Gasteiger partial charge in [-0.15, -0.1) is 0 Å². The molecule has 0 aliphatic carbocycles. The zero-order valence-electron chi connectivity index (χ0n) is 17.7. The summed E-state index contributed by atoms with van der Waals surface area (Å²) in [5, 5.41) is 23.7. The van der Waals surface area contributed by atoms with Crippen LogP contribution in [0.2, 0.25) is 0 Å². The number of aliphatic hydroxyl groups is 1. The Morgan fingerprint density at radius 3 is 2.75 bits per heavy atom. The second-order valence-electron chi connectivity index (χ2n) is 7.37. The van der Waals surface area contributed by atoms with E-state index in [1.54, 1.807) is 48.3 Å². The second kappa shape index (κ2) is 8.98. The lowest BCUT2D eigenvalue weighted by molar-refractivity contribution is 0.186. The molecule has 8 heteroatoms. The molecule has 2 heterocycles. The van der Waals surface area contributed by atoms with E-state index in [1.165, 1.54) is 0 Å². The molecule has 32 heavy (non-hydrogen) atoms. The Bertz CT molecular complexity index is 1310. The molecule has 0 amide bonds. The van der Waals surface area contributed by atoms with Crippen molar-refractivity contribution in [3.05, 3.63) is 83.4 Å². The second-order valence-corrected chi connectivity index (χ2v) is 7.37. The van der Waals surface area contributed by atoms with Crippen LogP contribution in [0.3, 0.4) is 0 Å². The maximum Gasteiger partial charge on any atom is 0.223 e. The fraction of sp³-hybridized carbons (Fsp3) is 0.167. The summed E-state index contributed by atoms with van der Waals surface area (Å²) in [5.74, 6) is 1.30. The van der Waals surface area contributed by atoms with Crippen LogP contribution >= 0.6 is 0 Å². The van der Waals surface area contributed by atoms with E-state index >= 15 is 0 Å². The molecule has 0 bridgehead atoms. The molecule has 1 atom stereocenters. The third kappa shape index (κ3) is 4.49. The van der Waals surface area contributed by atoms with Crippen molar-refractivity contribution in [1.29, 1.82) is 5.26 Å². The summed E-state index contributed by atoms with van der Waals surface area (Å²) < 4.78 is 7.70. The number of aryl methyl sites for hydroxylation is 2. The summed E-state index contributed by atoms with van der Waals surface area (Å²) in [4.78, 5) is 8.94. The average Bonchev–Trinajstić information content (AvgIpc) is 3.28. The highest BCUT2D eigenvalue weighted by Gasteiger charge is 2.15. The van der Waals surface area contributed by atoms with Gasteiger partial charge in [0, 0.05) is 36.0 Å². The minimum absolute atomic E-state index is 0.0877. The van der Waals surface area contributed by atoms with Crippen LogP contribution < -0.4 is 10.5 Å². The number of ether oxygens (including phenoxy) is 1. The molecular weight excluding hydrogens is 404 g/mol. The van der Waals surface area contributed by atoms with E-state index in [9.17, 15) is 10.4 Å². The van der Waals surface area contributed by atoms with Crippen molar-refractivity contribution in [1.82, 2.24) is 19.7 Å². The lowest BCUT2D eigenvalue weighted by Gasteiger charge is -2.13. The highest BCUT2D eigenvalue weighted by atomic mass is 16.5. The molecule has 0 spiro atoms. The smallest absolute Gasteiger partial charge is 0.223 e. The van der Waals surface area contributed by atoms with Crippen LogP contribution in [0.15, 0.2) is 60.9 Å². The highest BCUT2D eigenvalue weighted by Crippen LogP contribution is 2.31. The summed E-state index contributed by atoms with van der Waals surface area (Å²) in [7, 11) is 0. The predicted octanol–water partition coefficient (Wildman–Crippen LogP) is 3.60. The Morgan fingerprint density at radius 2 is 2.00 bits per heavy atom. The fourth-order valence-corrected chi connectivity index (χ4v) is 3.29. The quantitative estimate of drug-likeness (QED) is 0.483. The van der Waals surface area contributed by atoms with Gasteiger partial charge in [-0.1, -0.05) is 23.8 Å². The van der Waals surface area contributed by atoms with Crippen molar-refractivity contribution in [3.63, 3.8) is 0 Å². The SMILES string of the molecule is Cc1cccc(-c2cc(Oc3cc(C#N)ccc3-n3cc([C@@H](O)CN)cn3)nc(C)n2)c1. The van der Waals surface area contributed by atoms with Gasteiger partial charge in [0.1, 0.15) is 11.5 Å². The molecule has 3 N–H and O–H groups in total. The number of benzene rings is 2. The molecule has 0 saturated carbocycles. The number of hydrogen-bond acceptors (Lipinski definition) is 7. The highest BCUT2D eigenvalue weighted by molar-refractivity contribution is 5.61. The molecule has 0 fully saturated rings. The monoisotopic (exact) mass is 426 g/mol. The predicted molar refractivity (Wildman–Crippen MR) is 119 cm³/mol. The molecule has 8 nitrogen and oxygen atoms in total. The Kier molecular flexibility index (Phi) is 5.94. The van der Waals surface area contributed by atoms with Crippen molar-refractivity contribution < 1.29 is 9.84 Å². The topological polar surface area (TPSA) is 123 Å². The van der Waals surface area contributed by atoms with Gasteiger partial charge in [0.15, 0.2) is 5.75 Å². The standard InChI is InChI=1S/C24H22N6O2/c1-15-4-3-5-18(8-15)20-10-24(29-16(2)28-20)32-23-9-17(11-25)6-7-21(23)30-14-19(13-27-30)22(31)12-26/h3-10,13-14,22,31H,12,26H2,1-2H3/t22-/m0/s1. The van der Waals surface area contributed by atoms with E-state index in [0.29, 0.717) is 34.3 Å². The van der Waals surface area contributed by atoms with Gasteiger partial charge < -0.3 is 15.6 Å². The number of aliphatic hydroxyl groups excluding tert-OH is 1. The molecule has 0 radical (unpaired) electrons. The summed E-state index contributed by atoms with van der Waals surface area (Å²) in [6.07, 6.45) is 2.41. The largest absolute Gasteiger partial charge is 0.437 e. The zero-order valence-corrected chi connectivity index (χ0v) is 17.7. The first kappa shape index (κ1) is 21.2. The molecule has 4 aromatic rings. The third-order valence-electron chi connectivity index (χ3n) is 4.89. The number of nitriles is 1. The molecule has 2 aromatic carbocycles. The maximum atomic E-state index is 10.00. The Hall–Kier alpha value is -4.06. The van der Waals surface area contributed by atoms with Crippen LogP contribution in [-0.2, 0) is 0 Å². The lowest BCUT2D eigenvalue weighted by atomic mass is 10.1. The Labute approximate surface area is 185 Å². The number of nitrogens with two attached hydrogens (primary N) is 1. The van der Waals surface area contributed by atoms with E-state index in [1.807, 2.05) is 31.2 Å². The normalized spacial score (nSPS) is 11.7. The first-order chi connectivity index (χ1) is 15.5. The lowest BCUT2D eigenvalue weighted by Crippen LogP contribution is -2.10. The summed E-state index contributed by atoms with van der Waals surface area (Å²) in [5.41, 5.74) is 9.97. The first-order valence-electron chi connectivity index (χ1n) is 10.0. The van der Waals surface area contributed by atoms with Gasteiger partial charge in [-0.2, -0.15) is 15.3 Å². The van der Waals surface area contributed by atoms with Gasteiger partial charge in [-0.25, -0.2) is 9.67 Å². The number of rotatable bonds is 6. The van der Waals surface area contributed by atoms with Crippen LogP contribution in [-0.4, -0.2) is 31.4 Å². The average molecular weight is 426 g/mol. The number of hydrogen-bond donors (Lipinski definition) is 2. The van der Waals surface area contributed by atoms with Gasteiger partial charge >= 0.3 is 0 Å². The van der Waals surface area contributed by atoms with Crippen LogP contribution in [0.5, 0.6) is 11.6 Å². The molecular formula is C24H22N6O2. The van der Waals surface area contributed by atoms with Crippen LogP contribution in [0.1, 0.15) is 28.6 Å². The van der Waals surface area contributed by atoms with Gasteiger partial charge in [0.25, 0.3) is 0 Å². The van der Waals surface area contributed by atoms with Crippen molar-refractivity contribution in [2.24, 2.45) is 5.73 Å². The van der Waals surface area contributed by atoms with Crippen LogP contribution in [0.25, 0.3) is 16.9 Å².